The van der Waals surface area contributed by atoms with Gasteiger partial charge >= 0.3 is 0 Å². The molecule has 3 rings (SSSR count). The van der Waals surface area contributed by atoms with Crippen LogP contribution in [0.1, 0.15) is 80.1 Å². The quantitative estimate of drug-likeness (QED) is 0.0996. The van der Waals surface area contributed by atoms with E-state index in [-0.39, 0.29) is 112 Å². The minimum atomic E-state index is -4.22. The first-order valence-corrected chi connectivity index (χ1v) is 35.4. The highest BCUT2D eigenvalue weighted by molar-refractivity contribution is 8.14. The van der Waals surface area contributed by atoms with Crippen LogP contribution in [0.15, 0.2) is 63.2 Å². The van der Waals surface area contributed by atoms with Gasteiger partial charge in [0.15, 0.2) is 71.7 Å². The number of ether oxygens (including phenoxy) is 3. The average Bonchev–Trinajstić information content (AvgIpc) is 3.19. The maximum Gasteiger partial charge on any atom is 0.186 e. The molecule has 0 aromatic carbocycles. The largest absolute Gasteiger partial charge is 0.385 e. The normalized spacial score (nSPS) is 18.5. The van der Waals surface area contributed by atoms with Crippen LogP contribution in [0.5, 0.6) is 0 Å². The van der Waals surface area contributed by atoms with Gasteiger partial charge in [-0.15, -0.1) is 0 Å². The van der Waals surface area contributed by atoms with Crippen LogP contribution in [0.25, 0.3) is 0 Å². The van der Waals surface area contributed by atoms with Crippen molar-refractivity contribution < 1.29 is 64.7 Å². The lowest BCUT2D eigenvalue weighted by Crippen LogP contribution is -2.36. The molecule has 0 spiro atoms. The topological polar surface area (TPSA) is 343 Å². The van der Waals surface area contributed by atoms with Crippen LogP contribution < -0.4 is 16.0 Å². The number of hydrogen-bond acceptors (Lipinski definition) is 22. The van der Waals surface area contributed by atoms with Crippen molar-refractivity contribution in [1.29, 1.82) is 15.8 Å². The van der Waals surface area contributed by atoms with Crippen molar-refractivity contribution in [3.8, 4) is 18.2 Å². The number of rotatable bonds is 27. The number of nitrogens with one attached hydrogen (secondary N) is 3. The molecule has 0 aromatic heterocycles. The summed E-state index contributed by atoms with van der Waals surface area (Å²) in [6, 6.07) is 6.05. The van der Waals surface area contributed by atoms with Gasteiger partial charge in [-0.05, 0) is 54.8 Å². The van der Waals surface area contributed by atoms with Gasteiger partial charge in [-0.25, -0.2) is 50.5 Å². The summed E-state index contributed by atoms with van der Waals surface area (Å²) in [5.74, 6) is 0. The smallest absolute Gasteiger partial charge is 0.186 e. The van der Waals surface area contributed by atoms with Gasteiger partial charge in [0.1, 0.15) is 18.2 Å². The lowest BCUT2D eigenvalue weighted by Gasteiger charge is -2.34. The summed E-state index contributed by atoms with van der Waals surface area (Å²) in [7, 11) is -25.3. The Morgan fingerprint density at radius 1 is 0.408 bits per heavy atom. The van der Waals surface area contributed by atoms with Crippen LogP contribution in [-0.2, 0) is 73.2 Å². The van der Waals surface area contributed by atoms with Crippen molar-refractivity contribution in [3.63, 3.8) is 0 Å². The summed E-state index contributed by atoms with van der Waals surface area (Å²) < 4.78 is 168. The molecule has 0 atom stereocenters. The molecule has 0 amide bonds. The highest BCUT2D eigenvalue weighted by atomic mass is 32.3. The zero-order valence-corrected chi connectivity index (χ0v) is 50.5. The van der Waals surface area contributed by atoms with Gasteiger partial charge in [0, 0.05) is 111 Å². The van der Waals surface area contributed by atoms with Crippen LogP contribution >= 0.6 is 0 Å². The Kier molecular flexibility index (Phi) is 22.4. The molecule has 3 aliphatic rings. The first kappa shape index (κ1) is 66.1. The molecule has 76 heavy (non-hydrogen) atoms. The molecule has 0 heterocycles. The summed E-state index contributed by atoms with van der Waals surface area (Å²) in [5, 5.41) is 39.9. The fraction of sp³-hybridized carbons (Fsp3) is 0.688. The minimum Gasteiger partial charge on any atom is -0.385 e. The summed E-state index contributed by atoms with van der Waals surface area (Å²) >= 11 is 0. The average molecular weight is 1180 g/mol. The molecule has 0 unspecified atom stereocenters. The molecule has 0 radical (unpaired) electrons. The lowest BCUT2D eigenvalue weighted by atomic mass is 9.74. The highest BCUT2D eigenvalue weighted by Crippen LogP contribution is 2.46. The molecule has 0 saturated heterocycles. The maximum absolute atomic E-state index is 12.7. The van der Waals surface area contributed by atoms with Crippen molar-refractivity contribution in [1.82, 2.24) is 20.9 Å². The van der Waals surface area contributed by atoms with Crippen molar-refractivity contribution >= 4 is 59.0 Å². The lowest BCUT2D eigenvalue weighted by molar-refractivity contribution is 0.0548. The van der Waals surface area contributed by atoms with Crippen LogP contribution in [0.4, 0.5) is 0 Å². The van der Waals surface area contributed by atoms with E-state index in [1.54, 1.807) is 0 Å². The molecule has 0 bridgehead atoms. The van der Waals surface area contributed by atoms with E-state index in [2.05, 4.69) is 16.0 Å². The molecular weight excluding hydrogens is 1110 g/mol. The molecule has 0 fully saturated rings. The van der Waals surface area contributed by atoms with Gasteiger partial charge in [-0.1, -0.05) is 41.5 Å². The van der Waals surface area contributed by atoms with Crippen LogP contribution in [-0.4, -0.2) is 172 Å². The van der Waals surface area contributed by atoms with Crippen molar-refractivity contribution in [2.45, 2.75) is 80.1 Å². The first-order chi connectivity index (χ1) is 34.6. The number of nitriles is 3. The Morgan fingerprint density at radius 3 is 0.803 bits per heavy atom. The second kappa shape index (κ2) is 25.8. The summed E-state index contributed by atoms with van der Waals surface area (Å²) in [6.07, 6.45) is 6.01. The monoisotopic (exact) mass is 1180 g/mol. The molecule has 0 aromatic rings. The number of nitrogens with zero attached hydrogens (tertiary/aromatic N) is 4. The molecule has 3 aliphatic carbocycles. The third-order valence-corrected chi connectivity index (χ3v) is 23.2. The van der Waals surface area contributed by atoms with E-state index >= 15 is 0 Å². The fourth-order valence-corrected chi connectivity index (χ4v) is 20.1. The van der Waals surface area contributed by atoms with E-state index in [1.807, 2.05) is 64.6 Å². The van der Waals surface area contributed by atoms with E-state index in [4.69, 9.17) is 14.2 Å². The Hall–Kier alpha value is -4.15. The predicted octanol–water partition coefficient (Wildman–Crippen LogP) is 2.80. The van der Waals surface area contributed by atoms with Gasteiger partial charge in [0.2, 0.25) is 0 Å². The third-order valence-electron chi connectivity index (χ3n) is 12.2. The Labute approximate surface area is 451 Å². The number of hydrogen-bond donors (Lipinski definition) is 3. The van der Waals surface area contributed by atoms with E-state index in [0.717, 1.165) is 37.5 Å². The first-order valence-electron chi connectivity index (χ1n) is 24.1. The molecule has 22 nitrogen and oxygen atoms in total. The predicted molar refractivity (Wildman–Crippen MR) is 290 cm³/mol. The SMILES string of the molecule is CC1(C)CC(NCCOCCN(CCOCCNC2=C(C#N)C(=C(S(C)(=O)=O)S(C)(=O)=O)CC(C)(C)C2)CCOCCNC2=C(C#N)C(=C(S(C)(=O)=O)S(C)(=O)=O)CC(C)(C)C2)=C(C#N)C(=C(S(C)(=O)=O)S(C)(=O)=O)C1. The molecule has 0 aliphatic heterocycles. The second-order valence-corrected chi connectivity index (χ2v) is 34.3. The molecule has 3 N–H and O–H groups in total. The van der Waals surface area contributed by atoms with Gasteiger partial charge in [-0.2, -0.15) is 15.8 Å². The number of sulfone groups is 6. The zero-order valence-electron chi connectivity index (χ0n) is 45.6. The fourth-order valence-electron chi connectivity index (χ4n) is 9.73. The van der Waals surface area contributed by atoms with E-state index in [0.29, 0.717) is 56.0 Å². The van der Waals surface area contributed by atoms with Gasteiger partial charge in [0.25, 0.3) is 0 Å². The van der Waals surface area contributed by atoms with E-state index < -0.39 is 88.0 Å². The van der Waals surface area contributed by atoms with E-state index in [9.17, 15) is 66.3 Å². The van der Waals surface area contributed by atoms with E-state index in [1.165, 1.54) is 0 Å². The van der Waals surface area contributed by atoms with Crippen LogP contribution in [0.3, 0.4) is 0 Å². The molecule has 428 valence electrons. The van der Waals surface area contributed by atoms with Gasteiger partial charge in [0.05, 0.1) is 56.4 Å². The Balaban J connectivity index is 1.75. The molecule has 0 saturated carbocycles. The number of allylic oxidation sites excluding steroid dienone is 9. The Morgan fingerprint density at radius 2 is 0.618 bits per heavy atom. The summed E-state index contributed by atoms with van der Waals surface area (Å²) in [4.78, 5) is 2.01. The van der Waals surface area contributed by atoms with Crippen molar-refractivity contribution in [3.05, 3.63) is 63.2 Å². The van der Waals surface area contributed by atoms with Crippen LogP contribution in [0.2, 0.25) is 0 Å². The van der Waals surface area contributed by atoms with Crippen molar-refractivity contribution in [2.24, 2.45) is 16.2 Å². The standard InChI is InChI=1S/C48H75N7O15S6/c1-46(2)25-34(43(71(7,56)57)72(8,58)59)37(31-49)40(28-46)52-13-19-68-22-16-55(17-23-69-20-14-53-41-29-47(3,4)26-35(38(41)32-50)44(73(9,60)61)74(10,62)63)18-24-70-21-15-54-42-30-48(5,6)27-36(39(42)33-51)45(75(11,64)65)76(12,66)67/h52-54H,13-30H2,1-12H3. The van der Waals surface area contributed by atoms with Crippen LogP contribution in [0, 0.1) is 50.2 Å². The molecule has 28 heteroatoms. The second-order valence-electron chi connectivity index (χ2n) is 21.8. The zero-order chi connectivity index (χ0) is 58.1. The van der Waals surface area contributed by atoms with Gasteiger partial charge in [-0.3, -0.25) is 4.90 Å². The molecular formula is C48H75N7O15S6. The maximum atomic E-state index is 12.7. The Bertz CT molecular complexity index is 2820. The summed E-state index contributed by atoms with van der Waals surface area (Å²) in [5.41, 5.74) is -0.843. The van der Waals surface area contributed by atoms with Crippen molar-refractivity contribution in [2.75, 3.05) is 116 Å². The highest BCUT2D eigenvalue weighted by Gasteiger charge is 2.41. The minimum absolute atomic E-state index is 0.0411. The summed E-state index contributed by atoms with van der Waals surface area (Å²) in [6.45, 7) is 14.0. The van der Waals surface area contributed by atoms with Gasteiger partial charge < -0.3 is 30.2 Å². The third kappa shape index (κ3) is 19.3.